The molecule has 0 heterocycles. The van der Waals surface area contributed by atoms with E-state index in [-0.39, 0.29) is 5.76 Å². The monoisotopic (exact) mass is 374 g/mol. The largest absolute Gasteiger partial charge is 0.490 e. The third kappa shape index (κ3) is 11.6. The maximum atomic E-state index is 10.7. The first-order chi connectivity index (χ1) is 13.1. The van der Waals surface area contributed by atoms with Gasteiger partial charge in [-0.15, -0.1) is 0 Å². The van der Waals surface area contributed by atoms with Gasteiger partial charge in [-0.25, -0.2) is 4.79 Å². The number of carbonyl (C=O) groups is 1. The Bertz CT molecular complexity index is 617. The first kappa shape index (κ1) is 26.6. The van der Waals surface area contributed by atoms with Gasteiger partial charge in [-0.05, 0) is 30.5 Å². The molecule has 4 nitrogen and oxygen atoms in total. The number of methoxy groups -OCH3 is 2. The van der Waals surface area contributed by atoms with Gasteiger partial charge >= 0.3 is 5.97 Å². The Balaban J connectivity index is 0. The standard InChI is InChI=1S/C13H12.C7H12O3.C2H6.CH4O/c1-11-7-9-13(10-8-11)12-5-3-2-4-6-12;1-4-5-6(9-2)7(8)10-3;2*1-2/h2-10H,1H3;5H,4H2,1-3H3;1-2H3;2H,1H3/b;6-5-;;. The Morgan fingerprint density at radius 3 is 1.78 bits per heavy atom. The van der Waals surface area contributed by atoms with E-state index in [2.05, 4.69) is 60.2 Å². The number of ether oxygens (including phenoxy) is 2. The lowest BCUT2D eigenvalue weighted by Gasteiger charge is -2.01. The van der Waals surface area contributed by atoms with Crippen LogP contribution in [0.4, 0.5) is 0 Å². The van der Waals surface area contributed by atoms with Crippen molar-refractivity contribution in [3.8, 4) is 11.1 Å². The number of rotatable bonds is 4. The molecule has 0 spiro atoms. The highest BCUT2D eigenvalue weighted by molar-refractivity contribution is 5.85. The Hall–Kier alpha value is -2.59. The lowest BCUT2D eigenvalue weighted by molar-refractivity contribution is -0.139. The van der Waals surface area contributed by atoms with E-state index in [4.69, 9.17) is 9.84 Å². The summed E-state index contributed by atoms with van der Waals surface area (Å²) >= 11 is 0. The Kier molecular flexibility index (Phi) is 18.0. The molecule has 27 heavy (non-hydrogen) atoms. The zero-order chi connectivity index (χ0) is 21.1. The molecule has 4 heteroatoms. The summed E-state index contributed by atoms with van der Waals surface area (Å²) in [5.74, 6) is -0.158. The lowest BCUT2D eigenvalue weighted by atomic mass is 10.0. The van der Waals surface area contributed by atoms with Crippen LogP contribution in [0, 0.1) is 6.92 Å². The zero-order valence-corrected chi connectivity index (χ0v) is 17.7. The molecule has 0 aromatic heterocycles. The molecule has 0 amide bonds. The molecule has 0 aliphatic heterocycles. The van der Waals surface area contributed by atoms with Gasteiger partial charge in [0.05, 0.1) is 14.2 Å². The van der Waals surface area contributed by atoms with Gasteiger partial charge in [0, 0.05) is 7.11 Å². The molecule has 0 aliphatic carbocycles. The fourth-order valence-electron chi connectivity index (χ4n) is 1.91. The summed E-state index contributed by atoms with van der Waals surface area (Å²) in [6, 6.07) is 19.0. The topological polar surface area (TPSA) is 55.8 Å². The number of carbonyl (C=O) groups excluding carboxylic acids is 1. The number of allylic oxidation sites excluding steroid dienone is 1. The van der Waals surface area contributed by atoms with E-state index in [1.807, 2.05) is 26.8 Å². The molecule has 0 fully saturated rings. The van der Waals surface area contributed by atoms with Crippen molar-refractivity contribution in [3.05, 3.63) is 72.0 Å². The molecule has 150 valence electrons. The molecule has 0 unspecified atom stereocenters. The summed E-state index contributed by atoms with van der Waals surface area (Å²) in [4.78, 5) is 10.7. The molecule has 2 aromatic rings. The van der Waals surface area contributed by atoms with Crippen molar-refractivity contribution in [2.75, 3.05) is 21.3 Å². The average molecular weight is 375 g/mol. The maximum absolute atomic E-state index is 10.7. The van der Waals surface area contributed by atoms with Crippen molar-refractivity contribution in [1.29, 1.82) is 0 Å². The van der Waals surface area contributed by atoms with E-state index < -0.39 is 5.97 Å². The summed E-state index contributed by atoms with van der Waals surface area (Å²) in [5.41, 5.74) is 3.87. The van der Waals surface area contributed by atoms with E-state index in [0.29, 0.717) is 0 Å². The second-order valence-corrected chi connectivity index (χ2v) is 4.90. The van der Waals surface area contributed by atoms with E-state index >= 15 is 0 Å². The summed E-state index contributed by atoms with van der Waals surface area (Å²) in [6.45, 7) is 8.02. The van der Waals surface area contributed by atoms with E-state index in [1.165, 1.54) is 30.9 Å². The predicted molar refractivity (Wildman–Crippen MR) is 114 cm³/mol. The summed E-state index contributed by atoms with van der Waals surface area (Å²) in [7, 11) is 3.77. The van der Waals surface area contributed by atoms with Gasteiger partial charge < -0.3 is 14.6 Å². The number of benzene rings is 2. The molecule has 0 bridgehead atoms. The highest BCUT2D eigenvalue weighted by atomic mass is 16.6. The van der Waals surface area contributed by atoms with Crippen LogP contribution in [0.3, 0.4) is 0 Å². The fourth-order valence-corrected chi connectivity index (χ4v) is 1.91. The van der Waals surface area contributed by atoms with Gasteiger partial charge in [0.15, 0.2) is 5.76 Å². The van der Waals surface area contributed by atoms with Gasteiger partial charge in [-0.1, -0.05) is 80.9 Å². The summed E-state index contributed by atoms with van der Waals surface area (Å²) in [5, 5.41) is 7.00. The second-order valence-electron chi connectivity index (χ2n) is 4.90. The van der Waals surface area contributed by atoms with Crippen LogP contribution in [-0.2, 0) is 14.3 Å². The SMILES string of the molecule is CC.CC/C=C(\OC)C(=O)OC.CO.Cc1ccc(-c2ccccc2)cc1. The fraction of sp³-hybridized carbons (Fsp3) is 0.348. The van der Waals surface area contributed by atoms with E-state index in [1.54, 1.807) is 6.08 Å². The third-order valence-electron chi connectivity index (χ3n) is 3.15. The van der Waals surface area contributed by atoms with Gasteiger partial charge in [-0.3, -0.25) is 0 Å². The number of aliphatic hydroxyl groups excluding tert-OH is 1. The third-order valence-corrected chi connectivity index (χ3v) is 3.15. The van der Waals surface area contributed by atoms with Gasteiger partial charge in [-0.2, -0.15) is 0 Å². The molecule has 0 aliphatic rings. The first-order valence-electron chi connectivity index (χ1n) is 9.01. The normalized spacial score (nSPS) is 9.26. The van der Waals surface area contributed by atoms with Crippen LogP contribution in [0.15, 0.2) is 66.4 Å². The van der Waals surface area contributed by atoms with E-state index in [9.17, 15) is 4.79 Å². The smallest absolute Gasteiger partial charge is 0.372 e. The molecular formula is C23H34O4. The van der Waals surface area contributed by atoms with Crippen molar-refractivity contribution in [2.45, 2.75) is 34.1 Å². The predicted octanol–water partition coefficient (Wildman–Crippen LogP) is 5.40. The number of esters is 1. The molecule has 0 saturated heterocycles. The van der Waals surface area contributed by atoms with Crippen LogP contribution < -0.4 is 0 Å². The average Bonchev–Trinajstić information content (AvgIpc) is 2.76. The molecule has 2 aromatic carbocycles. The number of hydrogen-bond donors (Lipinski definition) is 1. The van der Waals surface area contributed by atoms with Crippen molar-refractivity contribution >= 4 is 5.97 Å². The maximum Gasteiger partial charge on any atom is 0.372 e. The van der Waals surface area contributed by atoms with Crippen LogP contribution in [0.5, 0.6) is 0 Å². The lowest BCUT2D eigenvalue weighted by Crippen LogP contribution is -2.05. The minimum atomic E-state index is -0.427. The molecule has 0 saturated carbocycles. The Labute approximate surface area is 164 Å². The minimum Gasteiger partial charge on any atom is -0.490 e. The zero-order valence-electron chi connectivity index (χ0n) is 17.7. The minimum absolute atomic E-state index is 0.269. The Morgan fingerprint density at radius 2 is 1.37 bits per heavy atom. The van der Waals surface area contributed by atoms with Crippen LogP contribution in [0.1, 0.15) is 32.8 Å². The van der Waals surface area contributed by atoms with Crippen molar-refractivity contribution in [1.82, 2.24) is 0 Å². The highest BCUT2D eigenvalue weighted by Gasteiger charge is 2.06. The van der Waals surface area contributed by atoms with Crippen LogP contribution in [-0.4, -0.2) is 32.4 Å². The number of hydrogen-bond acceptors (Lipinski definition) is 4. The van der Waals surface area contributed by atoms with E-state index in [0.717, 1.165) is 13.5 Å². The van der Waals surface area contributed by atoms with Gasteiger partial charge in [0.1, 0.15) is 0 Å². The number of aliphatic hydroxyl groups is 1. The van der Waals surface area contributed by atoms with Crippen LogP contribution >= 0.6 is 0 Å². The first-order valence-corrected chi connectivity index (χ1v) is 9.01. The highest BCUT2D eigenvalue weighted by Crippen LogP contribution is 2.18. The van der Waals surface area contributed by atoms with Crippen molar-refractivity contribution in [2.24, 2.45) is 0 Å². The second kappa shape index (κ2) is 18.2. The van der Waals surface area contributed by atoms with Gasteiger partial charge in [0.25, 0.3) is 0 Å². The van der Waals surface area contributed by atoms with Gasteiger partial charge in [0.2, 0.25) is 0 Å². The molecule has 2 rings (SSSR count). The summed E-state index contributed by atoms with van der Waals surface area (Å²) < 4.78 is 9.15. The molecular weight excluding hydrogens is 340 g/mol. The number of aryl methyl sites for hydroxylation is 1. The molecule has 1 N–H and O–H groups in total. The summed E-state index contributed by atoms with van der Waals surface area (Å²) in [6.07, 6.45) is 2.43. The Morgan fingerprint density at radius 1 is 0.889 bits per heavy atom. The quantitative estimate of drug-likeness (QED) is 0.442. The molecule has 0 radical (unpaired) electrons. The van der Waals surface area contributed by atoms with Crippen LogP contribution in [0.2, 0.25) is 0 Å². The molecule has 0 atom stereocenters. The van der Waals surface area contributed by atoms with Crippen molar-refractivity contribution < 1.29 is 19.4 Å². The van der Waals surface area contributed by atoms with Crippen LogP contribution in [0.25, 0.3) is 11.1 Å². The van der Waals surface area contributed by atoms with Crippen molar-refractivity contribution in [3.63, 3.8) is 0 Å².